The number of benzene rings is 1. The summed E-state index contributed by atoms with van der Waals surface area (Å²) < 4.78 is 0. The second kappa shape index (κ2) is 6.43. The van der Waals surface area contributed by atoms with Gasteiger partial charge in [-0.05, 0) is 23.5 Å². The van der Waals surface area contributed by atoms with Gasteiger partial charge in [0.25, 0.3) is 0 Å². The second-order valence-corrected chi connectivity index (χ2v) is 4.89. The van der Waals surface area contributed by atoms with Crippen molar-refractivity contribution in [3.05, 3.63) is 35.4 Å². The molecule has 0 aromatic heterocycles. The minimum Gasteiger partial charge on any atom is -0.345 e. The Balaban J connectivity index is 2.60. The first-order valence-electron chi connectivity index (χ1n) is 6.37. The number of hydrogen-bond acceptors (Lipinski definition) is 1. The van der Waals surface area contributed by atoms with Crippen LogP contribution in [-0.2, 0) is 11.2 Å². The summed E-state index contributed by atoms with van der Waals surface area (Å²) in [5.74, 6) is 0.742. The maximum Gasteiger partial charge on any atom is 0.226 e. The van der Waals surface area contributed by atoms with Crippen LogP contribution in [0.25, 0.3) is 0 Å². The molecule has 1 rings (SSSR count). The Morgan fingerprint density at radius 3 is 2.29 bits per heavy atom. The van der Waals surface area contributed by atoms with Crippen molar-refractivity contribution in [2.45, 2.75) is 39.5 Å². The van der Waals surface area contributed by atoms with Gasteiger partial charge in [0.15, 0.2) is 0 Å². The molecule has 94 valence electrons. The summed E-state index contributed by atoms with van der Waals surface area (Å²) in [6.45, 7) is 7.27. The zero-order valence-electron chi connectivity index (χ0n) is 11.4. The van der Waals surface area contributed by atoms with Crippen molar-refractivity contribution in [3.63, 3.8) is 0 Å². The second-order valence-electron chi connectivity index (χ2n) is 4.89. The maximum absolute atomic E-state index is 11.8. The van der Waals surface area contributed by atoms with E-state index in [0.29, 0.717) is 12.3 Å². The molecule has 0 heterocycles. The molecule has 0 aliphatic carbocycles. The van der Waals surface area contributed by atoms with E-state index in [0.717, 1.165) is 18.5 Å². The quantitative estimate of drug-likeness (QED) is 0.764. The van der Waals surface area contributed by atoms with Crippen LogP contribution in [0.3, 0.4) is 0 Å². The zero-order valence-corrected chi connectivity index (χ0v) is 11.4. The molecule has 2 nitrogen and oxygen atoms in total. The summed E-state index contributed by atoms with van der Waals surface area (Å²) in [7, 11) is 1.87. The lowest BCUT2D eigenvalue weighted by Gasteiger charge is -2.16. The van der Waals surface area contributed by atoms with E-state index in [1.807, 2.05) is 7.05 Å². The van der Waals surface area contributed by atoms with Gasteiger partial charge in [-0.2, -0.15) is 0 Å². The van der Waals surface area contributed by atoms with Gasteiger partial charge in [0, 0.05) is 13.6 Å². The summed E-state index contributed by atoms with van der Waals surface area (Å²) in [5.41, 5.74) is 2.42. The molecule has 17 heavy (non-hydrogen) atoms. The van der Waals surface area contributed by atoms with Gasteiger partial charge in [-0.1, -0.05) is 45.0 Å². The number of hydrogen-bond donors (Lipinski definition) is 0. The standard InChI is InChI=1S/C15H23NO/c1-5-10-16(4)15(17)11-13-6-8-14(9-7-13)12(2)3/h6-9,12H,5,10-11H2,1-4H3. The minimum absolute atomic E-state index is 0.198. The average Bonchev–Trinajstić information content (AvgIpc) is 2.30. The van der Waals surface area contributed by atoms with Gasteiger partial charge in [0.05, 0.1) is 6.42 Å². The van der Waals surface area contributed by atoms with Crippen LogP contribution < -0.4 is 0 Å². The van der Waals surface area contributed by atoms with Gasteiger partial charge in [0.1, 0.15) is 0 Å². The van der Waals surface area contributed by atoms with E-state index >= 15 is 0 Å². The van der Waals surface area contributed by atoms with E-state index in [1.54, 1.807) is 4.90 Å². The molecule has 0 aliphatic heterocycles. The van der Waals surface area contributed by atoms with E-state index < -0.39 is 0 Å². The van der Waals surface area contributed by atoms with E-state index in [-0.39, 0.29) is 5.91 Å². The number of carbonyl (C=O) groups excluding carboxylic acids is 1. The summed E-state index contributed by atoms with van der Waals surface area (Å²) in [5, 5.41) is 0. The number of rotatable bonds is 5. The third-order valence-electron chi connectivity index (χ3n) is 2.99. The Morgan fingerprint density at radius 2 is 1.82 bits per heavy atom. The Hall–Kier alpha value is -1.31. The lowest BCUT2D eigenvalue weighted by molar-refractivity contribution is -0.129. The monoisotopic (exact) mass is 233 g/mol. The molecule has 1 amide bonds. The molecule has 0 unspecified atom stereocenters. The van der Waals surface area contributed by atoms with Crippen LogP contribution in [0.4, 0.5) is 0 Å². The molecule has 0 saturated heterocycles. The summed E-state index contributed by atoms with van der Waals surface area (Å²) in [4.78, 5) is 13.6. The smallest absolute Gasteiger partial charge is 0.226 e. The highest BCUT2D eigenvalue weighted by atomic mass is 16.2. The van der Waals surface area contributed by atoms with Crippen LogP contribution in [0.1, 0.15) is 44.2 Å². The molecule has 2 heteroatoms. The van der Waals surface area contributed by atoms with Crippen LogP contribution in [0.15, 0.2) is 24.3 Å². The summed E-state index contributed by atoms with van der Waals surface area (Å²) in [6.07, 6.45) is 1.52. The molecule has 0 N–H and O–H groups in total. The first-order valence-corrected chi connectivity index (χ1v) is 6.37. The molecule has 0 fully saturated rings. The number of likely N-dealkylation sites (N-methyl/N-ethyl adjacent to an activating group) is 1. The number of carbonyl (C=O) groups is 1. The fourth-order valence-corrected chi connectivity index (χ4v) is 1.79. The average molecular weight is 233 g/mol. The topological polar surface area (TPSA) is 20.3 Å². The van der Waals surface area contributed by atoms with Gasteiger partial charge in [-0.25, -0.2) is 0 Å². The van der Waals surface area contributed by atoms with Gasteiger partial charge >= 0.3 is 0 Å². The molecular weight excluding hydrogens is 210 g/mol. The fraction of sp³-hybridized carbons (Fsp3) is 0.533. The first-order chi connectivity index (χ1) is 8.04. The van der Waals surface area contributed by atoms with E-state index in [9.17, 15) is 4.79 Å². The molecule has 0 bridgehead atoms. The molecule has 0 radical (unpaired) electrons. The van der Waals surface area contributed by atoms with Crippen LogP contribution in [0, 0.1) is 0 Å². The first kappa shape index (κ1) is 13.8. The van der Waals surface area contributed by atoms with Crippen LogP contribution in [0.2, 0.25) is 0 Å². The largest absolute Gasteiger partial charge is 0.345 e. The van der Waals surface area contributed by atoms with Crippen LogP contribution in [0.5, 0.6) is 0 Å². The van der Waals surface area contributed by atoms with E-state index in [1.165, 1.54) is 5.56 Å². The lowest BCUT2D eigenvalue weighted by Crippen LogP contribution is -2.28. The highest BCUT2D eigenvalue weighted by molar-refractivity contribution is 5.78. The highest BCUT2D eigenvalue weighted by Gasteiger charge is 2.08. The number of amides is 1. The minimum atomic E-state index is 0.198. The van der Waals surface area contributed by atoms with Crippen molar-refractivity contribution >= 4 is 5.91 Å². The Labute approximate surface area is 105 Å². The van der Waals surface area contributed by atoms with Crippen molar-refractivity contribution in [2.24, 2.45) is 0 Å². The third kappa shape index (κ3) is 4.22. The summed E-state index contributed by atoms with van der Waals surface area (Å²) in [6, 6.07) is 8.36. The van der Waals surface area contributed by atoms with Crippen molar-refractivity contribution in [3.8, 4) is 0 Å². The van der Waals surface area contributed by atoms with E-state index in [4.69, 9.17) is 0 Å². The van der Waals surface area contributed by atoms with Gasteiger partial charge in [-0.15, -0.1) is 0 Å². The molecule has 0 saturated carbocycles. The lowest BCUT2D eigenvalue weighted by atomic mass is 10.0. The maximum atomic E-state index is 11.8. The SMILES string of the molecule is CCCN(C)C(=O)Cc1ccc(C(C)C)cc1. The number of nitrogens with zero attached hydrogens (tertiary/aromatic N) is 1. The van der Waals surface area contributed by atoms with Crippen LogP contribution in [-0.4, -0.2) is 24.4 Å². The molecular formula is C15H23NO. The molecule has 0 atom stereocenters. The van der Waals surface area contributed by atoms with Gasteiger partial charge in [0.2, 0.25) is 5.91 Å². The Bertz CT molecular complexity index is 354. The third-order valence-corrected chi connectivity index (χ3v) is 2.99. The normalized spacial score (nSPS) is 10.6. The van der Waals surface area contributed by atoms with Crippen molar-refractivity contribution in [1.29, 1.82) is 0 Å². The summed E-state index contributed by atoms with van der Waals surface area (Å²) >= 11 is 0. The van der Waals surface area contributed by atoms with Crippen molar-refractivity contribution in [2.75, 3.05) is 13.6 Å². The molecule has 1 aromatic carbocycles. The fourth-order valence-electron chi connectivity index (χ4n) is 1.79. The Morgan fingerprint density at radius 1 is 1.24 bits per heavy atom. The highest BCUT2D eigenvalue weighted by Crippen LogP contribution is 2.15. The predicted molar refractivity (Wildman–Crippen MR) is 72.2 cm³/mol. The predicted octanol–water partition coefficient (Wildman–Crippen LogP) is 3.22. The molecule has 1 aromatic rings. The van der Waals surface area contributed by atoms with Gasteiger partial charge < -0.3 is 4.90 Å². The zero-order chi connectivity index (χ0) is 12.8. The molecule has 0 spiro atoms. The van der Waals surface area contributed by atoms with Gasteiger partial charge in [-0.3, -0.25) is 4.79 Å². The van der Waals surface area contributed by atoms with E-state index in [2.05, 4.69) is 45.0 Å². The molecule has 0 aliphatic rings. The van der Waals surface area contributed by atoms with Crippen molar-refractivity contribution < 1.29 is 4.79 Å². The van der Waals surface area contributed by atoms with Crippen molar-refractivity contribution in [1.82, 2.24) is 4.90 Å². The van der Waals surface area contributed by atoms with Crippen LogP contribution >= 0.6 is 0 Å². The Kier molecular flexibility index (Phi) is 5.20.